The summed E-state index contributed by atoms with van der Waals surface area (Å²) in [5.74, 6) is -0.117. The van der Waals surface area contributed by atoms with Crippen LogP contribution in [0.5, 0.6) is 0 Å². The van der Waals surface area contributed by atoms with Gasteiger partial charge in [-0.05, 0) is 19.4 Å². The maximum absolute atomic E-state index is 13.0. The van der Waals surface area contributed by atoms with Crippen LogP contribution in [0.25, 0.3) is 0 Å². The Bertz CT molecular complexity index is 641. The minimum absolute atomic E-state index is 0. The van der Waals surface area contributed by atoms with Crippen LogP contribution in [0, 0.1) is 6.92 Å². The fourth-order valence-corrected chi connectivity index (χ4v) is 2.61. The predicted molar refractivity (Wildman–Crippen MR) is 88.5 cm³/mol. The third kappa shape index (κ3) is 4.20. The number of aliphatic hydroxyl groups excluding tert-OH is 1. The predicted octanol–water partition coefficient (Wildman–Crippen LogP) is 0.243. The molecule has 4 heteroatoms. The standard InChI is InChI=1S/C19H22NO2.Li/c1-15-9-7-8-12-17(15)18(22)20(13-14-21)19(2,3)16-10-5-4-6-11-16;/h4-12,21H,1,13-14H2,2-3H3;/q-1;+1. The quantitative estimate of drug-likeness (QED) is 0.635. The van der Waals surface area contributed by atoms with Gasteiger partial charge in [-0.2, -0.15) is 18.6 Å². The largest absolute Gasteiger partial charge is 1.00 e. The van der Waals surface area contributed by atoms with Crippen LogP contribution in [-0.2, 0) is 5.54 Å². The van der Waals surface area contributed by atoms with Crippen molar-refractivity contribution in [3.05, 3.63) is 78.2 Å². The van der Waals surface area contributed by atoms with Gasteiger partial charge in [-0.25, -0.2) is 0 Å². The van der Waals surface area contributed by atoms with Gasteiger partial charge in [-0.3, -0.25) is 4.79 Å². The van der Waals surface area contributed by atoms with Crippen LogP contribution >= 0.6 is 0 Å². The second-order valence-corrected chi connectivity index (χ2v) is 5.76. The molecule has 0 aliphatic heterocycles. The molecule has 0 aliphatic rings. The average molecular weight is 303 g/mol. The Balaban J connectivity index is 0.00000264. The third-order valence-electron chi connectivity index (χ3n) is 3.97. The zero-order chi connectivity index (χ0) is 16.2. The van der Waals surface area contributed by atoms with Crippen LogP contribution in [0.4, 0.5) is 0 Å². The van der Waals surface area contributed by atoms with E-state index in [0.29, 0.717) is 11.1 Å². The fraction of sp³-hybridized carbons (Fsp3) is 0.263. The normalized spacial score (nSPS) is 10.7. The van der Waals surface area contributed by atoms with E-state index < -0.39 is 5.54 Å². The van der Waals surface area contributed by atoms with Crippen molar-refractivity contribution in [2.24, 2.45) is 0 Å². The molecule has 0 unspecified atom stereocenters. The van der Waals surface area contributed by atoms with Gasteiger partial charge in [-0.1, -0.05) is 42.0 Å². The van der Waals surface area contributed by atoms with Gasteiger partial charge in [0.05, 0.1) is 12.1 Å². The number of benzene rings is 2. The summed E-state index contributed by atoms with van der Waals surface area (Å²) in [5.41, 5.74) is 1.76. The molecular formula is C19H22LiNO2. The smallest absolute Gasteiger partial charge is 0.395 e. The summed E-state index contributed by atoms with van der Waals surface area (Å²) in [4.78, 5) is 14.7. The fourth-order valence-electron chi connectivity index (χ4n) is 2.61. The Morgan fingerprint density at radius 3 is 2.22 bits per heavy atom. The van der Waals surface area contributed by atoms with Crippen LogP contribution < -0.4 is 18.9 Å². The summed E-state index contributed by atoms with van der Waals surface area (Å²) in [6, 6.07) is 17.1. The Morgan fingerprint density at radius 1 is 1.09 bits per heavy atom. The van der Waals surface area contributed by atoms with Crippen LogP contribution in [-0.4, -0.2) is 29.1 Å². The van der Waals surface area contributed by atoms with E-state index in [9.17, 15) is 9.90 Å². The molecule has 1 N–H and O–H groups in total. The zero-order valence-corrected chi connectivity index (χ0v) is 14.1. The number of carbonyl (C=O) groups is 1. The molecule has 0 saturated carbocycles. The molecule has 0 fully saturated rings. The van der Waals surface area contributed by atoms with Crippen molar-refractivity contribution in [2.45, 2.75) is 19.4 Å². The first-order valence-electron chi connectivity index (χ1n) is 7.38. The Kier molecular flexibility index (Phi) is 6.96. The number of amides is 1. The van der Waals surface area contributed by atoms with Gasteiger partial charge in [0.15, 0.2) is 5.91 Å². The molecule has 116 valence electrons. The van der Waals surface area contributed by atoms with E-state index in [2.05, 4.69) is 6.92 Å². The van der Waals surface area contributed by atoms with Crippen LogP contribution in [0.2, 0.25) is 0 Å². The molecular weight excluding hydrogens is 281 g/mol. The molecule has 3 nitrogen and oxygen atoms in total. The van der Waals surface area contributed by atoms with E-state index in [-0.39, 0.29) is 37.9 Å². The van der Waals surface area contributed by atoms with Crippen LogP contribution in [0.1, 0.15) is 35.3 Å². The van der Waals surface area contributed by atoms with Crippen molar-refractivity contribution in [1.82, 2.24) is 4.90 Å². The number of hydrogen-bond donors (Lipinski definition) is 1. The number of aliphatic hydroxyl groups is 1. The molecule has 2 rings (SSSR count). The first-order valence-corrected chi connectivity index (χ1v) is 7.38. The Hall–Kier alpha value is -1.66. The monoisotopic (exact) mass is 303 g/mol. The van der Waals surface area contributed by atoms with Crippen molar-refractivity contribution in [1.29, 1.82) is 0 Å². The number of carbonyl (C=O) groups excluding carboxylic acids is 1. The molecule has 0 spiro atoms. The van der Waals surface area contributed by atoms with Crippen LogP contribution in [0.3, 0.4) is 0 Å². The van der Waals surface area contributed by atoms with Crippen molar-refractivity contribution in [3.63, 3.8) is 0 Å². The van der Waals surface area contributed by atoms with E-state index in [1.54, 1.807) is 11.0 Å². The Morgan fingerprint density at radius 2 is 1.65 bits per heavy atom. The summed E-state index contributed by atoms with van der Waals surface area (Å²) in [7, 11) is 0. The molecule has 0 radical (unpaired) electrons. The molecule has 0 saturated heterocycles. The van der Waals surface area contributed by atoms with Crippen molar-refractivity contribution >= 4 is 5.91 Å². The average Bonchev–Trinajstić information content (AvgIpc) is 2.53. The zero-order valence-electron chi connectivity index (χ0n) is 14.1. The first-order chi connectivity index (χ1) is 10.5. The van der Waals surface area contributed by atoms with E-state index >= 15 is 0 Å². The van der Waals surface area contributed by atoms with Gasteiger partial charge < -0.3 is 10.0 Å². The van der Waals surface area contributed by atoms with Gasteiger partial charge in [0.2, 0.25) is 0 Å². The summed E-state index contributed by atoms with van der Waals surface area (Å²) >= 11 is 0. The number of nitrogens with zero attached hydrogens (tertiary/aromatic N) is 1. The topological polar surface area (TPSA) is 40.5 Å². The number of hydrogen-bond acceptors (Lipinski definition) is 2. The molecule has 1 amide bonds. The maximum Gasteiger partial charge on any atom is 1.00 e. The van der Waals surface area contributed by atoms with E-state index in [4.69, 9.17) is 0 Å². The van der Waals surface area contributed by atoms with Crippen LogP contribution in [0.15, 0.2) is 54.6 Å². The maximum atomic E-state index is 13.0. The molecule has 0 aliphatic carbocycles. The first kappa shape index (κ1) is 19.4. The minimum Gasteiger partial charge on any atom is -0.395 e. The molecule has 0 atom stereocenters. The summed E-state index contributed by atoms with van der Waals surface area (Å²) < 4.78 is 0. The van der Waals surface area contributed by atoms with Crippen molar-refractivity contribution in [2.75, 3.05) is 13.2 Å². The second kappa shape index (κ2) is 8.26. The van der Waals surface area contributed by atoms with Gasteiger partial charge in [-0.15, -0.1) is 12.1 Å². The SMILES string of the molecule is [CH2-]c1ccccc1C(=O)N(CCO)C(C)(C)c1ccccc1.[Li+]. The van der Waals surface area contributed by atoms with Gasteiger partial charge in [0.1, 0.15) is 0 Å². The molecule has 23 heavy (non-hydrogen) atoms. The van der Waals surface area contributed by atoms with Crippen molar-refractivity contribution in [3.8, 4) is 0 Å². The summed E-state index contributed by atoms with van der Waals surface area (Å²) in [5, 5.41) is 9.40. The van der Waals surface area contributed by atoms with Gasteiger partial charge in [0, 0.05) is 6.54 Å². The third-order valence-corrected chi connectivity index (χ3v) is 3.97. The molecule has 0 aromatic heterocycles. The molecule has 2 aromatic carbocycles. The summed E-state index contributed by atoms with van der Waals surface area (Å²) in [6.45, 7) is 8.10. The molecule has 0 bridgehead atoms. The van der Waals surface area contributed by atoms with E-state index in [0.717, 1.165) is 5.56 Å². The number of rotatable bonds is 5. The Labute approximate surface area is 150 Å². The molecule has 2 aromatic rings. The van der Waals surface area contributed by atoms with E-state index in [1.165, 1.54) is 0 Å². The minimum atomic E-state index is -0.524. The second-order valence-electron chi connectivity index (χ2n) is 5.76. The van der Waals surface area contributed by atoms with E-state index in [1.807, 2.05) is 62.4 Å². The van der Waals surface area contributed by atoms with Crippen molar-refractivity contribution < 1.29 is 28.8 Å². The summed E-state index contributed by atoms with van der Waals surface area (Å²) in [6.07, 6.45) is 0. The van der Waals surface area contributed by atoms with Gasteiger partial charge >= 0.3 is 18.9 Å². The molecule has 0 heterocycles. The van der Waals surface area contributed by atoms with Gasteiger partial charge in [0.25, 0.3) is 0 Å².